The van der Waals surface area contributed by atoms with E-state index in [4.69, 9.17) is 5.73 Å². The first kappa shape index (κ1) is 16.1. The molecule has 1 amide bonds. The second-order valence-corrected chi connectivity index (χ2v) is 8.54. The van der Waals surface area contributed by atoms with Crippen molar-refractivity contribution in [3.05, 3.63) is 10.4 Å². The number of nitrogens with zero attached hydrogens (tertiary/aromatic N) is 3. The number of likely N-dealkylation sites (tertiary alicyclic amines) is 1. The van der Waals surface area contributed by atoms with Crippen molar-refractivity contribution in [1.82, 2.24) is 14.9 Å². The lowest BCUT2D eigenvalue weighted by molar-refractivity contribution is -0.129. The molecule has 0 radical (unpaired) electrons. The number of hydrogen-bond donors (Lipinski definition) is 1. The van der Waals surface area contributed by atoms with Gasteiger partial charge in [-0.2, -0.15) is 0 Å². The molecule has 24 heavy (non-hydrogen) atoms. The zero-order chi connectivity index (χ0) is 16.5. The highest BCUT2D eigenvalue weighted by atomic mass is 32.2. The standard InChI is InChI=1S/C17H22N4OS2/c18-15-14-11-6-2-3-7-12(11)24-16(14)20-17(19-15)23-10-13(22)21-8-4-1-5-9-21/h1-10H2,(H2,18,19,20). The fourth-order valence-electron chi connectivity index (χ4n) is 3.59. The summed E-state index contributed by atoms with van der Waals surface area (Å²) >= 11 is 3.16. The van der Waals surface area contributed by atoms with E-state index in [1.165, 1.54) is 41.5 Å². The number of amides is 1. The average molecular weight is 363 g/mol. The first-order valence-corrected chi connectivity index (χ1v) is 10.5. The van der Waals surface area contributed by atoms with Crippen molar-refractivity contribution >= 4 is 45.0 Å². The monoisotopic (exact) mass is 362 g/mol. The van der Waals surface area contributed by atoms with Crippen molar-refractivity contribution in [3.8, 4) is 0 Å². The Kier molecular flexibility index (Phi) is 4.63. The molecule has 1 aliphatic carbocycles. The molecule has 2 aromatic heterocycles. The summed E-state index contributed by atoms with van der Waals surface area (Å²) in [6.45, 7) is 1.78. The first-order valence-electron chi connectivity index (χ1n) is 8.70. The molecule has 0 bridgehead atoms. The van der Waals surface area contributed by atoms with E-state index in [1.54, 1.807) is 11.3 Å². The van der Waals surface area contributed by atoms with Crippen molar-refractivity contribution in [1.29, 1.82) is 0 Å². The number of anilines is 1. The van der Waals surface area contributed by atoms with Crippen LogP contribution in [0.1, 0.15) is 42.5 Å². The van der Waals surface area contributed by atoms with Gasteiger partial charge in [-0.1, -0.05) is 11.8 Å². The van der Waals surface area contributed by atoms with Crippen LogP contribution in [0.4, 0.5) is 5.82 Å². The normalized spacial score (nSPS) is 17.9. The lowest BCUT2D eigenvalue weighted by Crippen LogP contribution is -2.36. The van der Waals surface area contributed by atoms with Gasteiger partial charge < -0.3 is 10.6 Å². The number of nitrogen functional groups attached to an aromatic ring is 1. The molecule has 5 nitrogen and oxygen atoms in total. The summed E-state index contributed by atoms with van der Waals surface area (Å²) in [6, 6.07) is 0. The Morgan fingerprint density at radius 2 is 1.92 bits per heavy atom. The largest absolute Gasteiger partial charge is 0.383 e. The number of carbonyl (C=O) groups is 1. The van der Waals surface area contributed by atoms with Crippen LogP contribution in [0, 0.1) is 0 Å². The number of thiophene rings is 1. The predicted molar refractivity (Wildman–Crippen MR) is 99.6 cm³/mol. The van der Waals surface area contributed by atoms with Crippen LogP contribution in [0.15, 0.2) is 5.16 Å². The van der Waals surface area contributed by atoms with Gasteiger partial charge in [0, 0.05) is 18.0 Å². The topological polar surface area (TPSA) is 72.1 Å². The van der Waals surface area contributed by atoms with Gasteiger partial charge in [0.1, 0.15) is 10.6 Å². The third kappa shape index (κ3) is 3.11. The first-order chi connectivity index (χ1) is 11.7. The van der Waals surface area contributed by atoms with E-state index in [-0.39, 0.29) is 5.91 Å². The molecule has 1 saturated heterocycles. The van der Waals surface area contributed by atoms with Gasteiger partial charge in [0.2, 0.25) is 5.91 Å². The van der Waals surface area contributed by atoms with Crippen molar-refractivity contribution < 1.29 is 4.79 Å². The molecule has 0 atom stereocenters. The number of rotatable bonds is 3. The maximum atomic E-state index is 12.3. The Hall–Kier alpha value is -1.34. The van der Waals surface area contributed by atoms with E-state index in [2.05, 4.69) is 9.97 Å². The van der Waals surface area contributed by atoms with Gasteiger partial charge in [-0.15, -0.1) is 11.3 Å². The van der Waals surface area contributed by atoms with Crippen LogP contribution in [-0.4, -0.2) is 39.6 Å². The van der Waals surface area contributed by atoms with E-state index in [0.717, 1.165) is 49.0 Å². The summed E-state index contributed by atoms with van der Waals surface area (Å²) in [5.74, 6) is 1.16. The summed E-state index contributed by atoms with van der Waals surface area (Å²) < 4.78 is 0. The molecule has 4 rings (SSSR count). The highest BCUT2D eigenvalue weighted by Gasteiger charge is 2.21. The van der Waals surface area contributed by atoms with Gasteiger partial charge in [-0.25, -0.2) is 9.97 Å². The Morgan fingerprint density at radius 1 is 1.12 bits per heavy atom. The second kappa shape index (κ2) is 6.88. The molecule has 1 fully saturated rings. The van der Waals surface area contributed by atoms with Crippen LogP contribution in [0.2, 0.25) is 0 Å². The second-order valence-electron chi connectivity index (χ2n) is 6.51. The van der Waals surface area contributed by atoms with E-state index >= 15 is 0 Å². The lowest BCUT2D eigenvalue weighted by atomic mass is 9.97. The van der Waals surface area contributed by atoms with E-state index in [0.29, 0.717) is 16.7 Å². The summed E-state index contributed by atoms with van der Waals surface area (Å²) in [6.07, 6.45) is 8.15. The number of thioether (sulfide) groups is 1. The summed E-state index contributed by atoms with van der Waals surface area (Å²) in [4.78, 5) is 25.8. The molecule has 0 unspecified atom stereocenters. The summed E-state index contributed by atoms with van der Waals surface area (Å²) in [5, 5.41) is 1.69. The Labute approximate surface area is 150 Å². The Bertz CT molecular complexity index is 768. The van der Waals surface area contributed by atoms with Crippen LogP contribution in [0.3, 0.4) is 0 Å². The minimum Gasteiger partial charge on any atom is -0.383 e. The molecule has 2 N–H and O–H groups in total. The van der Waals surface area contributed by atoms with Gasteiger partial charge in [0.15, 0.2) is 5.16 Å². The number of aromatic nitrogens is 2. The van der Waals surface area contributed by atoms with Gasteiger partial charge in [-0.3, -0.25) is 4.79 Å². The van der Waals surface area contributed by atoms with Gasteiger partial charge in [0.25, 0.3) is 0 Å². The molecule has 0 saturated carbocycles. The summed E-state index contributed by atoms with van der Waals surface area (Å²) in [5.41, 5.74) is 7.58. The van der Waals surface area contributed by atoms with E-state index < -0.39 is 0 Å². The number of nitrogens with two attached hydrogens (primary N) is 1. The van der Waals surface area contributed by atoms with Crippen LogP contribution < -0.4 is 5.73 Å². The van der Waals surface area contributed by atoms with Gasteiger partial charge in [-0.05, 0) is 50.5 Å². The third-order valence-electron chi connectivity index (χ3n) is 4.86. The van der Waals surface area contributed by atoms with E-state index in [9.17, 15) is 4.79 Å². The maximum Gasteiger partial charge on any atom is 0.233 e. The number of piperidine rings is 1. The summed E-state index contributed by atoms with van der Waals surface area (Å²) in [7, 11) is 0. The lowest BCUT2D eigenvalue weighted by Gasteiger charge is -2.26. The highest BCUT2D eigenvalue weighted by molar-refractivity contribution is 7.99. The SMILES string of the molecule is Nc1nc(SCC(=O)N2CCCCC2)nc2sc3c(c12)CCCC3. The van der Waals surface area contributed by atoms with E-state index in [1.807, 2.05) is 4.90 Å². The van der Waals surface area contributed by atoms with Crippen LogP contribution >= 0.6 is 23.1 Å². The quantitative estimate of drug-likeness (QED) is 0.670. The Morgan fingerprint density at radius 3 is 2.75 bits per heavy atom. The van der Waals surface area contributed by atoms with Crippen molar-refractivity contribution in [2.45, 2.75) is 50.1 Å². The zero-order valence-corrected chi connectivity index (χ0v) is 15.3. The highest BCUT2D eigenvalue weighted by Crippen LogP contribution is 2.38. The van der Waals surface area contributed by atoms with Crippen LogP contribution in [0.5, 0.6) is 0 Å². The van der Waals surface area contributed by atoms with Gasteiger partial charge in [0.05, 0.1) is 11.1 Å². The minimum atomic E-state index is 0.187. The van der Waals surface area contributed by atoms with Crippen LogP contribution in [-0.2, 0) is 17.6 Å². The minimum absolute atomic E-state index is 0.187. The zero-order valence-electron chi connectivity index (χ0n) is 13.7. The smallest absolute Gasteiger partial charge is 0.233 e. The predicted octanol–water partition coefficient (Wildman–Crippen LogP) is 3.26. The Balaban J connectivity index is 1.51. The number of hydrogen-bond acceptors (Lipinski definition) is 6. The number of carbonyl (C=O) groups excluding carboxylic acids is 1. The molecule has 2 aliphatic rings. The molecule has 2 aromatic rings. The fraction of sp³-hybridized carbons (Fsp3) is 0.588. The van der Waals surface area contributed by atoms with Crippen molar-refractivity contribution in [2.75, 3.05) is 24.6 Å². The van der Waals surface area contributed by atoms with Crippen molar-refractivity contribution in [2.24, 2.45) is 0 Å². The molecular formula is C17H22N4OS2. The fourth-order valence-corrected chi connectivity index (χ4v) is 5.67. The van der Waals surface area contributed by atoms with Crippen molar-refractivity contribution in [3.63, 3.8) is 0 Å². The number of fused-ring (bicyclic) bond motifs is 3. The third-order valence-corrected chi connectivity index (χ3v) is 6.87. The molecule has 7 heteroatoms. The maximum absolute atomic E-state index is 12.3. The average Bonchev–Trinajstić information content (AvgIpc) is 2.99. The molecule has 128 valence electrons. The molecule has 0 aromatic carbocycles. The molecule has 1 aliphatic heterocycles. The number of aryl methyl sites for hydroxylation is 2. The molecule has 0 spiro atoms. The van der Waals surface area contributed by atoms with Crippen LogP contribution in [0.25, 0.3) is 10.2 Å². The molecule has 3 heterocycles. The molecular weight excluding hydrogens is 340 g/mol. The van der Waals surface area contributed by atoms with Gasteiger partial charge >= 0.3 is 0 Å².